The molecule has 8 heteroatoms. The van der Waals surface area contributed by atoms with Crippen LogP contribution in [0.15, 0.2) is 77.7 Å². The van der Waals surface area contributed by atoms with Gasteiger partial charge in [-0.3, -0.25) is 0 Å². The second-order valence-corrected chi connectivity index (χ2v) is 17.1. The average molecular weight is 489 g/mol. The first-order valence-electron chi connectivity index (χ1n) is 8.19. The topological polar surface area (TPSA) is 3.24 Å². The average Bonchev–Trinajstić information content (AvgIpc) is 2.69. The summed E-state index contributed by atoms with van der Waals surface area (Å²) in [7, 11) is -0.693. The standard InChI is InChI=1S/C19H17Cl4NSSi2/c1-25-17-8-2-14(3-9-17)24(15-4-10-18(26-20)11-5-15)16-6-12-19(13-7-16)27(21,22)23/h2-13H,26H2,1H3. The van der Waals surface area contributed by atoms with Gasteiger partial charge in [0.25, 0.3) is 0 Å². The number of nitrogens with zero attached hydrogens (tertiary/aromatic N) is 1. The van der Waals surface area contributed by atoms with E-state index in [1.165, 1.54) is 10.1 Å². The molecule has 0 amide bonds. The molecule has 3 rings (SSSR count). The summed E-state index contributed by atoms with van der Waals surface area (Å²) in [4.78, 5) is 3.41. The van der Waals surface area contributed by atoms with Crippen LogP contribution in [-0.4, -0.2) is 21.1 Å². The van der Waals surface area contributed by atoms with Gasteiger partial charge < -0.3 is 4.90 Å². The molecule has 0 aliphatic heterocycles. The summed E-state index contributed by atoms with van der Waals surface area (Å²) in [6.45, 7) is 0. The third-order valence-electron chi connectivity index (χ3n) is 4.13. The molecule has 0 heterocycles. The lowest BCUT2D eigenvalue weighted by molar-refractivity contribution is 1.27. The smallest absolute Gasteiger partial charge is 0.311 e. The molecule has 0 radical (unpaired) electrons. The van der Waals surface area contributed by atoms with E-state index in [9.17, 15) is 0 Å². The zero-order valence-electron chi connectivity index (χ0n) is 14.5. The summed E-state index contributed by atoms with van der Waals surface area (Å²) < 4.78 is 0. The number of anilines is 3. The van der Waals surface area contributed by atoms with Gasteiger partial charge in [0.1, 0.15) is 0 Å². The lowest BCUT2D eigenvalue weighted by Crippen LogP contribution is -2.29. The Hall–Kier alpha value is -0.596. The van der Waals surface area contributed by atoms with Crippen molar-refractivity contribution in [3.05, 3.63) is 72.8 Å². The number of halogens is 4. The Bertz CT molecular complexity index is 834. The minimum Gasteiger partial charge on any atom is -0.311 e. The van der Waals surface area contributed by atoms with Crippen molar-refractivity contribution in [3.63, 3.8) is 0 Å². The van der Waals surface area contributed by atoms with Crippen molar-refractivity contribution in [1.29, 1.82) is 0 Å². The summed E-state index contributed by atoms with van der Waals surface area (Å²) >= 11 is 26.2. The highest BCUT2D eigenvalue weighted by Gasteiger charge is 2.28. The SMILES string of the molecule is CSc1ccc(N(c2ccc([SiH2]Cl)cc2)c2ccc([Si](Cl)(Cl)Cl)cc2)cc1. The van der Waals surface area contributed by atoms with Gasteiger partial charge >= 0.3 is 6.00 Å². The van der Waals surface area contributed by atoms with Gasteiger partial charge in [0, 0.05) is 22.0 Å². The Balaban J connectivity index is 2.05. The van der Waals surface area contributed by atoms with Gasteiger partial charge in [-0.1, -0.05) is 24.3 Å². The van der Waals surface area contributed by atoms with Gasteiger partial charge in [-0.2, -0.15) is 11.1 Å². The largest absolute Gasteiger partial charge is 0.372 e. The third-order valence-corrected chi connectivity index (χ3v) is 9.53. The maximum Gasteiger partial charge on any atom is 0.372 e. The van der Waals surface area contributed by atoms with Crippen molar-refractivity contribution in [2.24, 2.45) is 0 Å². The molecule has 3 aromatic carbocycles. The first-order chi connectivity index (χ1) is 12.9. The van der Waals surface area contributed by atoms with Crippen molar-refractivity contribution in [3.8, 4) is 0 Å². The molecular weight excluding hydrogens is 472 g/mol. The lowest BCUT2D eigenvalue weighted by Gasteiger charge is -2.26. The lowest BCUT2D eigenvalue weighted by atomic mass is 10.2. The molecule has 1 nitrogen and oxygen atoms in total. The van der Waals surface area contributed by atoms with E-state index in [1.807, 2.05) is 24.3 Å². The zero-order chi connectivity index (χ0) is 19.4. The predicted molar refractivity (Wildman–Crippen MR) is 130 cm³/mol. The second-order valence-electron chi connectivity index (χ2n) is 5.88. The van der Waals surface area contributed by atoms with Crippen LogP contribution in [0.4, 0.5) is 17.1 Å². The van der Waals surface area contributed by atoms with Crippen LogP contribution in [-0.2, 0) is 0 Å². The molecule has 0 atom stereocenters. The van der Waals surface area contributed by atoms with E-state index in [2.05, 4.69) is 59.7 Å². The van der Waals surface area contributed by atoms with Crippen LogP contribution in [0, 0.1) is 0 Å². The number of thioether (sulfide) groups is 1. The molecule has 0 aliphatic carbocycles. The van der Waals surface area contributed by atoms with Crippen molar-refractivity contribution in [2.75, 3.05) is 11.2 Å². The summed E-state index contributed by atoms with van der Waals surface area (Å²) in [5.41, 5.74) is 3.14. The molecule has 0 spiro atoms. The number of hydrogen-bond donors (Lipinski definition) is 0. The highest BCUT2D eigenvalue weighted by Crippen LogP contribution is 2.35. The highest BCUT2D eigenvalue weighted by molar-refractivity contribution is 7.98. The van der Waals surface area contributed by atoms with E-state index in [4.69, 9.17) is 44.3 Å². The molecular formula is C19H17Cl4NSSi2. The minimum atomic E-state index is -2.89. The summed E-state index contributed by atoms with van der Waals surface area (Å²) in [5, 5.41) is 1.99. The van der Waals surface area contributed by atoms with Crippen molar-refractivity contribution in [2.45, 2.75) is 4.90 Å². The molecule has 0 aliphatic rings. The Labute approximate surface area is 186 Å². The zero-order valence-corrected chi connectivity index (χ0v) is 20.8. The van der Waals surface area contributed by atoms with Crippen LogP contribution in [0.5, 0.6) is 0 Å². The van der Waals surface area contributed by atoms with Crippen LogP contribution >= 0.6 is 56.1 Å². The Morgan fingerprint density at radius 2 is 1.19 bits per heavy atom. The fourth-order valence-corrected chi connectivity index (χ4v) is 5.75. The van der Waals surface area contributed by atoms with Crippen molar-refractivity contribution >= 4 is 98.3 Å². The van der Waals surface area contributed by atoms with E-state index in [1.54, 1.807) is 11.8 Å². The molecule has 140 valence electrons. The van der Waals surface area contributed by atoms with Crippen molar-refractivity contribution < 1.29 is 0 Å². The summed E-state index contributed by atoms with van der Waals surface area (Å²) in [5.74, 6) is 0. The highest BCUT2D eigenvalue weighted by atomic mass is 35.8. The van der Waals surface area contributed by atoms with Gasteiger partial charge in [0.2, 0.25) is 0 Å². The fraction of sp³-hybridized carbons (Fsp3) is 0.0526. The van der Waals surface area contributed by atoms with Crippen LogP contribution in [0.1, 0.15) is 0 Å². The maximum absolute atomic E-state index is 6.14. The van der Waals surface area contributed by atoms with Gasteiger partial charge in [-0.25, -0.2) is 0 Å². The van der Waals surface area contributed by atoms with Crippen LogP contribution in [0.25, 0.3) is 0 Å². The number of benzene rings is 3. The van der Waals surface area contributed by atoms with Gasteiger partial charge in [0.15, 0.2) is 8.83 Å². The summed E-state index contributed by atoms with van der Waals surface area (Å²) in [6, 6.07) is 21.8. The second kappa shape index (κ2) is 9.27. The van der Waals surface area contributed by atoms with Crippen LogP contribution in [0.2, 0.25) is 0 Å². The van der Waals surface area contributed by atoms with E-state index in [-0.39, 0.29) is 0 Å². The minimum absolute atomic E-state index is 0.693. The molecule has 0 saturated heterocycles. The quantitative estimate of drug-likeness (QED) is 0.249. The normalized spacial score (nSPS) is 11.9. The first-order valence-corrected chi connectivity index (χ1v) is 17.3. The molecule has 0 bridgehead atoms. The molecule has 0 fully saturated rings. The monoisotopic (exact) mass is 487 g/mol. The molecule has 0 N–H and O–H groups in total. The van der Waals surface area contributed by atoms with Gasteiger partial charge in [0.05, 0.1) is 0 Å². The van der Waals surface area contributed by atoms with Gasteiger partial charge in [-0.05, 0) is 65.2 Å². The van der Waals surface area contributed by atoms with E-state index in [0.717, 1.165) is 22.2 Å². The van der Waals surface area contributed by atoms with Crippen LogP contribution < -0.4 is 15.3 Å². The van der Waals surface area contributed by atoms with Crippen molar-refractivity contribution in [1.82, 2.24) is 0 Å². The fourth-order valence-electron chi connectivity index (χ4n) is 2.71. The third kappa shape index (κ3) is 5.27. The Morgan fingerprint density at radius 1 is 0.741 bits per heavy atom. The molecule has 3 aromatic rings. The Morgan fingerprint density at radius 3 is 1.59 bits per heavy atom. The van der Waals surface area contributed by atoms with Gasteiger partial charge in [-0.15, -0.1) is 45.0 Å². The Kier molecular flexibility index (Phi) is 7.25. The van der Waals surface area contributed by atoms with E-state index < -0.39 is 14.8 Å². The summed E-state index contributed by atoms with van der Waals surface area (Å²) in [6.07, 6.45) is 2.07. The van der Waals surface area contributed by atoms with Crippen LogP contribution in [0.3, 0.4) is 0 Å². The molecule has 0 aromatic heterocycles. The van der Waals surface area contributed by atoms with E-state index in [0.29, 0.717) is 0 Å². The molecule has 0 unspecified atom stereocenters. The predicted octanol–water partition coefficient (Wildman–Crippen LogP) is 5.69. The molecule has 27 heavy (non-hydrogen) atoms. The van der Waals surface area contributed by atoms with E-state index >= 15 is 0 Å². The number of rotatable bonds is 6. The maximum atomic E-state index is 6.14. The molecule has 0 saturated carbocycles. The number of hydrogen-bond acceptors (Lipinski definition) is 2. The first kappa shape index (κ1) is 21.1.